The monoisotopic (exact) mass is 331 g/mol. The molecule has 2 rings (SSSR count). The predicted octanol–water partition coefficient (Wildman–Crippen LogP) is 2.35. The van der Waals surface area contributed by atoms with Gasteiger partial charge in [-0.15, -0.1) is 0 Å². The lowest BCUT2D eigenvalue weighted by atomic mass is 9.85. The predicted molar refractivity (Wildman–Crippen MR) is 95.4 cm³/mol. The van der Waals surface area contributed by atoms with Crippen molar-refractivity contribution in [3.05, 3.63) is 35.4 Å². The second kappa shape index (κ2) is 8.83. The van der Waals surface area contributed by atoms with E-state index in [1.54, 1.807) is 6.07 Å². The van der Waals surface area contributed by atoms with E-state index in [1.165, 1.54) is 0 Å². The van der Waals surface area contributed by atoms with Crippen LogP contribution >= 0.6 is 0 Å². The van der Waals surface area contributed by atoms with E-state index >= 15 is 0 Å². The van der Waals surface area contributed by atoms with E-state index in [9.17, 15) is 9.59 Å². The molecule has 1 fully saturated rings. The molecule has 0 spiro atoms. The quantitative estimate of drug-likeness (QED) is 0.748. The fourth-order valence-electron chi connectivity index (χ4n) is 3.03. The van der Waals surface area contributed by atoms with E-state index in [1.807, 2.05) is 32.0 Å². The lowest BCUT2D eigenvalue weighted by Gasteiger charge is -2.25. The van der Waals surface area contributed by atoms with E-state index in [0.29, 0.717) is 12.1 Å². The van der Waals surface area contributed by atoms with Crippen LogP contribution < -0.4 is 16.4 Å². The van der Waals surface area contributed by atoms with Crippen LogP contribution in [0.3, 0.4) is 0 Å². The number of carbonyl (C=O) groups is 2. The lowest BCUT2D eigenvalue weighted by Crippen LogP contribution is -2.37. The molecule has 0 heterocycles. The zero-order valence-corrected chi connectivity index (χ0v) is 14.7. The molecule has 2 amide bonds. The Labute approximate surface area is 144 Å². The van der Waals surface area contributed by atoms with Crippen molar-refractivity contribution >= 4 is 11.8 Å². The summed E-state index contributed by atoms with van der Waals surface area (Å²) in [6, 6.07) is 7.70. The molecule has 0 aliphatic heterocycles. The van der Waals surface area contributed by atoms with Gasteiger partial charge in [0.25, 0.3) is 5.91 Å². The van der Waals surface area contributed by atoms with Crippen LogP contribution in [0.25, 0.3) is 0 Å². The van der Waals surface area contributed by atoms with Crippen LogP contribution in [0, 0.1) is 5.92 Å². The van der Waals surface area contributed by atoms with Gasteiger partial charge in [-0.3, -0.25) is 9.59 Å². The first-order valence-electron chi connectivity index (χ1n) is 8.92. The van der Waals surface area contributed by atoms with Crippen LogP contribution in [-0.4, -0.2) is 23.9 Å². The molecule has 4 N–H and O–H groups in total. The van der Waals surface area contributed by atoms with Gasteiger partial charge in [0.1, 0.15) is 0 Å². The van der Waals surface area contributed by atoms with Crippen molar-refractivity contribution in [3.8, 4) is 0 Å². The standard InChI is InChI=1S/C19H29N3O2/c1-3-13(2)22-19(24)15-7-4-6-14(10-15)12-21-18(23)16-8-5-9-17(20)11-16/h4,6-7,10,13,16-17H,3,5,8-9,11-12,20H2,1-2H3,(H,21,23)(H,22,24). The summed E-state index contributed by atoms with van der Waals surface area (Å²) in [4.78, 5) is 24.4. The molecule has 1 saturated carbocycles. The van der Waals surface area contributed by atoms with E-state index in [-0.39, 0.29) is 29.8 Å². The third-order valence-electron chi connectivity index (χ3n) is 4.73. The Kier molecular flexibility index (Phi) is 6.79. The largest absolute Gasteiger partial charge is 0.352 e. The van der Waals surface area contributed by atoms with Gasteiger partial charge in [-0.05, 0) is 50.3 Å². The average molecular weight is 331 g/mol. The van der Waals surface area contributed by atoms with Crippen LogP contribution in [-0.2, 0) is 11.3 Å². The van der Waals surface area contributed by atoms with Gasteiger partial charge in [0, 0.05) is 30.1 Å². The first-order chi connectivity index (χ1) is 11.5. The van der Waals surface area contributed by atoms with Crippen LogP contribution in [0.1, 0.15) is 61.9 Å². The van der Waals surface area contributed by atoms with Crippen molar-refractivity contribution in [3.63, 3.8) is 0 Å². The SMILES string of the molecule is CCC(C)NC(=O)c1cccc(CNC(=O)C2CCCC(N)C2)c1. The maximum Gasteiger partial charge on any atom is 0.251 e. The van der Waals surface area contributed by atoms with Crippen LogP contribution in [0.2, 0.25) is 0 Å². The van der Waals surface area contributed by atoms with Crippen molar-refractivity contribution in [2.24, 2.45) is 11.7 Å². The molecule has 0 saturated heterocycles. The minimum atomic E-state index is -0.0734. The lowest BCUT2D eigenvalue weighted by molar-refractivity contribution is -0.126. The zero-order valence-electron chi connectivity index (χ0n) is 14.7. The topological polar surface area (TPSA) is 84.2 Å². The van der Waals surface area contributed by atoms with E-state index in [4.69, 9.17) is 5.73 Å². The summed E-state index contributed by atoms with van der Waals surface area (Å²) in [5.74, 6) is 0.0148. The maximum absolute atomic E-state index is 12.3. The molecule has 1 aromatic rings. The molecule has 3 atom stereocenters. The van der Waals surface area contributed by atoms with Gasteiger partial charge in [0.2, 0.25) is 5.91 Å². The molecule has 5 heteroatoms. The molecule has 3 unspecified atom stereocenters. The highest BCUT2D eigenvalue weighted by Gasteiger charge is 2.25. The van der Waals surface area contributed by atoms with E-state index in [0.717, 1.165) is 37.7 Å². The fourth-order valence-corrected chi connectivity index (χ4v) is 3.03. The third-order valence-corrected chi connectivity index (χ3v) is 4.73. The maximum atomic E-state index is 12.3. The molecule has 0 radical (unpaired) electrons. The summed E-state index contributed by atoms with van der Waals surface area (Å²) in [5, 5.41) is 5.94. The average Bonchev–Trinajstić information content (AvgIpc) is 2.59. The Balaban J connectivity index is 1.89. The Hall–Kier alpha value is -1.88. The normalized spacial score (nSPS) is 21.8. The number of nitrogens with two attached hydrogens (primary N) is 1. The molecule has 0 aromatic heterocycles. The molecule has 5 nitrogen and oxygen atoms in total. The van der Waals surface area contributed by atoms with Crippen molar-refractivity contribution in [1.29, 1.82) is 0 Å². The molecule has 1 aliphatic rings. The number of benzene rings is 1. The number of rotatable bonds is 6. The Bertz CT molecular complexity index is 573. The summed E-state index contributed by atoms with van der Waals surface area (Å²) in [6.45, 7) is 4.46. The number of hydrogen-bond acceptors (Lipinski definition) is 3. The summed E-state index contributed by atoms with van der Waals surface area (Å²) < 4.78 is 0. The van der Waals surface area contributed by atoms with Gasteiger partial charge < -0.3 is 16.4 Å². The highest BCUT2D eigenvalue weighted by Crippen LogP contribution is 2.23. The summed E-state index contributed by atoms with van der Waals surface area (Å²) in [5.41, 5.74) is 7.51. The fraction of sp³-hybridized carbons (Fsp3) is 0.579. The van der Waals surface area contributed by atoms with Crippen LogP contribution in [0.5, 0.6) is 0 Å². The van der Waals surface area contributed by atoms with Gasteiger partial charge in [-0.1, -0.05) is 25.5 Å². The minimum absolute atomic E-state index is 0.0191. The zero-order chi connectivity index (χ0) is 17.5. The molecule has 1 aromatic carbocycles. The van der Waals surface area contributed by atoms with Gasteiger partial charge in [-0.25, -0.2) is 0 Å². The van der Waals surface area contributed by atoms with Crippen molar-refractivity contribution < 1.29 is 9.59 Å². The van der Waals surface area contributed by atoms with E-state index in [2.05, 4.69) is 10.6 Å². The smallest absolute Gasteiger partial charge is 0.251 e. The Morgan fingerprint density at radius 1 is 1.33 bits per heavy atom. The highest BCUT2D eigenvalue weighted by atomic mass is 16.2. The first-order valence-corrected chi connectivity index (χ1v) is 8.92. The van der Waals surface area contributed by atoms with Gasteiger partial charge in [0.05, 0.1) is 0 Å². The summed E-state index contributed by atoms with van der Waals surface area (Å²) >= 11 is 0. The Morgan fingerprint density at radius 2 is 2.12 bits per heavy atom. The van der Waals surface area contributed by atoms with Gasteiger partial charge >= 0.3 is 0 Å². The van der Waals surface area contributed by atoms with Crippen LogP contribution in [0.15, 0.2) is 24.3 Å². The van der Waals surface area contributed by atoms with Crippen LogP contribution in [0.4, 0.5) is 0 Å². The van der Waals surface area contributed by atoms with Crippen molar-refractivity contribution in [2.75, 3.05) is 0 Å². The number of carbonyl (C=O) groups excluding carboxylic acids is 2. The van der Waals surface area contributed by atoms with Crippen molar-refractivity contribution in [2.45, 2.75) is 64.6 Å². The second-order valence-electron chi connectivity index (χ2n) is 6.82. The first kappa shape index (κ1) is 18.5. The molecule has 0 bridgehead atoms. The molecule has 1 aliphatic carbocycles. The molecular formula is C19H29N3O2. The number of hydrogen-bond donors (Lipinski definition) is 3. The summed E-state index contributed by atoms with van der Waals surface area (Å²) in [7, 11) is 0. The summed E-state index contributed by atoms with van der Waals surface area (Å²) in [6.07, 6.45) is 4.60. The molecular weight excluding hydrogens is 302 g/mol. The van der Waals surface area contributed by atoms with Crippen molar-refractivity contribution in [1.82, 2.24) is 10.6 Å². The van der Waals surface area contributed by atoms with Gasteiger partial charge in [0.15, 0.2) is 0 Å². The van der Waals surface area contributed by atoms with E-state index < -0.39 is 0 Å². The molecule has 24 heavy (non-hydrogen) atoms. The minimum Gasteiger partial charge on any atom is -0.352 e. The number of nitrogens with one attached hydrogen (secondary N) is 2. The van der Waals surface area contributed by atoms with Gasteiger partial charge in [-0.2, -0.15) is 0 Å². The highest BCUT2D eigenvalue weighted by molar-refractivity contribution is 5.94. The Morgan fingerprint density at radius 3 is 2.83 bits per heavy atom. The number of amides is 2. The third kappa shape index (κ3) is 5.34. The molecule has 132 valence electrons. The second-order valence-corrected chi connectivity index (χ2v) is 6.82.